The lowest BCUT2D eigenvalue weighted by Crippen LogP contribution is -2.44. The molecule has 0 spiro atoms. The molecule has 2 N–H and O–H groups in total. The van der Waals surface area contributed by atoms with Gasteiger partial charge in [-0.25, -0.2) is 14.8 Å². The quantitative estimate of drug-likeness (QED) is 0.570. The molecule has 11 nitrogen and oxygen atoms in total. The molecule has 0 bridgehead atoms. The number of ether oxygens (including phenoxy) is 2. The van der Waals surface area contributed by atoms with Crippen LogP contribution in [-0.4, -0.2) is 78.1 Å². The number of amides is 1. The van der Waals surface area contributed by atoms with E-state index in [0.29, 0.717) is 24.0 Å². The molecule has 1 saturated heterocycles. The molecule has 0 radical (unpaired) electrons. The Morgan fingerprint density at radius 1 is 1.11 bits per heavy atom. The summed E-state index contributed by atoms with van der Waals surface area (Å²) < 4.78 is 12.7. The van der Waals surface area contributed by atoms with Crippen molar-refractivity contribution in [1.82, 2.24) is 30.0 Å². The van der Waals surface area contributed by atoms with E-state index in [-0.39, 0.29) is 0 Å². The normalized spacial score (nSPS) is 15.3. The summed E-state index contributed by atoms with van der Waals surface area (Å²) in [5.74, 6) is 1.48. The van der Waals surface area contributed by atoms with Crippen LogP contribution in [0.15, 0.2) is 24.4 Å². The first-order chi connectivity index (χ1) is 17.0. The first-order valence-electron chi connectivity index (χ1n) is 11.7. The van der Waals surface area contributed by atoms with Gasteiger partial charge in [-0.15, -0.1) is 5.10 Å². The SMILES string of the molecule is CNC(=O)Oc1nn(C)c2c1CCc1cnc(Nc3cc(N4CCN(C)CC4)ccc3OC)nc1-2. The molecule has 3 aromatic rings. The van der Waals surface area contributed by atoms with Gasteiger partial charge in [0.15, 0.2) is 0 Å². The summed E-state index contributed by atoms with van der Waals surface area (Å²) in [6.45, 7) is 4.01. The van der Waals surface area contributed by atoms with E-state index >= 15 is 0 Å². The zero-order valence-corrected chi connectivity index (χ0v) is 20.5. The van der Waals surface area contributed by atoms with E-state index < -0.39 is 6.09 Å². The Labute approximate surface area is 204 Å². The van der Waals surface area contributed by atoms with E-state index in [9.17, 15) is 4.79 Å². The lowest BCUT2D eigenvalue weighted by molar-refractivity contribution is 0.200. The van der Waals surface area contributed by atoms with Gasteiger partial charge in [0.2, 0.25) is 11.8 Å². The molecule has 3 heterocycles. The number of fused-ring (bicyclic) bond motifs is 3. The fourth-order valence-electron chi connectivity index (χ4n) is 4.58. The third kappa shape index (κ3) is 4.46. The first kappa shape index (κ1) is 22.9. The summed E-state index contributed by atoms with van der Waals surface area (Å²) in [6, 6.07) is 6.13. The molecule has 1 fully saturated rings. The number of methoxy groups -OCH3 is 1. The fourth-order valence-corrected chi connectivity index (χ4v) is 4.58. The minimum atomic E-state index is -0.547. The van der Waals surface area contributed by atoms with E-state index in [2.05, 4.69) is 49.7 Å². The summed E-state index contributed by atoms with van der Waals surface area (Å²) in [5, 5.41) is 10.2. The number of aryl methyl sites for hydroxylation is 2. The molecule has 2 aromatic heterocycles. The second-order valence-corrected chi connectivity index (χ2v) is 8.76. The number of carbonyl (C=O) groups is 1. The molecular formula is C24H30N8O3. The highest BCUT2D eigenvalue weighted by Gasteiger charge is 2.28. The predicted octanol–water partition coefficient (Wildman–Crippen LogP) is 2.20. The molecule has 0 unspecified atom stereocenters. The van der Waals surface area contributed by atoms with Crippen molar-refractivity contribution in [2.24, 2.45) is 7.05 Å². The molecule has 5 rings (SSSR count). The summed E-state index contributed by atoms with van der Waals surface area (Å²) in [4.78, 5) is 25.9. The third-order valence-electron chi connectivity index (χ3n) is 6.53. The average molecular weight is 479 g/mol. The highest BCUT2D eigenvalue weighted by Crippen LogP contribution is 2.38. The molecule has 1 aliphatic carbocycles. The minimum Gasteiger partial charge on any atom is -0.495 e. The van der Waals surface area contributed by atoms with Crippen LogP contribution >= 0.6 is 0 Å². The summed E-state index contributed by atoms with van der Waals surface area (Å²) in [5.41, 5.74) is 5.42. The maximum atomic E-state index is 11.8. The number of nitrogens with one attached hydrogen (secondary N) is 2. The van der Waals surface area contributed by atoms with E-state index in [0.717, 1.165) is 66.5 Å². The van der Waals surface area contributed by atoms with Gasteiger partial charge < -0.3 is 29.9 Å². The monoisotopic (exact) mass is 478 g/mol. The zero-order chi connectivity index (χ0) is 24.5. The van der Waals surface area contributed by atoms with Crippen LogP contribution in [-0.2, 0) is 19.9 Å². The number of aromatic nitrogens is 4. The Balaban J connectivity index is 1.45. The highest BCUT2D eigenvalue weighted by atomic mass is 16.6. The summed E-state index contributed by atoms with van der Waals surface area (Å²) in [6.07, 6.45) is 2.73. The summed E-state index contributed by atoms with van der Waals surface area (Å²) >= 11 is 0. The molecule has 1 amide bonds. The second-order valence-electron chi connectivity index (χ2n) is 8.76. The number of rotatable bonds is 5. The molecule has 11 heteroatoms. The Hall–Kier alpha value is -3.86. The van der Waals surface area contributed by atoms with Crippen molar-refractivity contribution < 1.29 is 14.3 Å². The number of benzene rings is 1. The van der Waals surface area contributed by atoms with Gasteiger partial charge in [0.25, 0.3) is 0 Å². The van der Waals surface area contributed by atoms with Gasteiger partial charge in [-0.2, -0.15) is 0 Å². The van der Waals surface area contributed by atoms with Gasteiger partial charge in [0, 0.05) is 57.7 Å². The van der Waals surface area contributed by atoms with Crippen LogP contribution in [0.5, 0.6) is 11.6 Å². The predicted molar refractivity (Wildman–Crippen MR) is 133 cm³/mol. The topological polar surface area (TPSA) is 110 Å². The van der Waals surface area contributed by atoms with Crippen LogP contribution in [0.25, 0.3) is 11.4 Å². The number of piperazine rings is 1. The fraction of sp³-hybridized carbons (Fsp3) is 0.417. The Morgan fingerprint density at radius 3 is 2.66 bits per heavy atom. The number of nitrogens with zero attached hydrogens (tertiary/aromatic N) is 6. The first-order valence-corrected chi connectivity index (χ1v) is 11.7. The lowest BCUT2D eigenvalue weighted by Gasteiger charge is -2.34. The van der Waals surface area contributed by atoms with Crippen molar-refractivity contribution in [3.63, 3.8) is 0 Å². The Kier molecular flexibility index (Phi) is 6.16. The largest absolute Gasteiger partial charge is 0.495 e. The van der Waals surface area contributed by atoms with Gasteiger partial charge in [-0.05, 0) is 43.7 Å². The number of hydrogen-bond donors (Lipinski definition) is 2. The zero-order valence-electron chi connectivity index (χ0n) is 20.5. The standard InChI is InChI=1S/C24H30N8O3/c1-25-24(33)35-22-17-7-5-15-14-26-23(28-20(15)21(17)31(3)29-22)27-18-13-16(6-8-19(18)34-4)32-11-9-30(2)10-12-32/h6,8,13-14H,5,7,9-12H2,1-4H3,(H,25,33)(H,26,27,28). The minimum absolute atomic E-state index is 0.308. The molecule has 184 valence electrons. The van der Waals surface area contributed by atoms with Crippen LogP contribution in [0, 0.1) is 0 Å². The van der Waals surface area contributed by atoms with Crippen molar-refractivity contribution in [3.05, 3.63) is 35.5 Å². The second kappa shape index (κ2) is 9.41. The van der Waals surface area contributed by atoms with E-state index in [1.807, 2.05) is 19.3 Å². The lowest BCUT2D eigenvalue weighted by atomic mass is 9.95. The van der Waals surface area contributed by atoms with Crippen molar-refractivity contribution in [2.75, 3.05) is 57.6 Å². The Bertz CT molecular complexity index is 1250. The van der Waals surface area contributed by atoms with E-state index in [1.54, 1.807) is 11.8 Å². The maximum Gasteiger partial charge on any atom is 0.413 e. The van der Waals surface area contributed by atoms with Gasteiger partial charge in [0.1, 0.15) is 5.75 Å². The van der Waals surface area contributed by atoms with Crippen molar-refractivity contribution >= 4 is 23.4 Å². The number of hydrogen-bond acceptors (Lipinski definition) is 9. The maximum absolute atomic E-state index is 11.8. The van der Waals surface area contributed by atoms with Crippen molar-refractivity contribution in [3.8, 4) is 23.0 Å². The van der Waals surface area contributed by atoms with Crippen LogP contribution in [0.1, 0.15) is 11.1 Å². The van der Waals surface area contributed by atoms with Gasteiger partial charge in [-0.1, -0.05) is 0 Å². The smallest absolute Gasteiger partial charge is 0.413 e. The number of carbonyl (C=O) groups excluding carboxylic acids is 1. The number of likely N-dealkylation sites (N-methyl/N-ethyl adjacent to an activating group) is 1. The molecule has 2 aliphatic rings. The van der Waals surface area contributed by atoms with Gasteiger partial charge in [-0.3, -0.25) is 4.68 Å². The van der Waals surface area contributed by atoms with Crippen LogP contribution in [0.2, 0.25) is 0 Å². The Morgan fingerprint density at radius 2 is 1.91 bits per heavy atom. The van der Waals surface area contributed by atoms with Gasteiger partial charge >= 0.3 is 6.09 Å². The van der Waals surface area contributed by atoms with E-state index in [4.69, 9.17) is 14.5 Å². The molecule has 1 aromatic carbocycles. The van der Waals surface area contributed by atoms with Gasteiger partial charge in [0.05, 0.1) is 24.2 Å². The number of anilines is 3. The van der Waals surface area contributed by atoms with Crippen molar-refractivity contribution in [2.45, 2.75) is 12.8 Å². The highest BCUT2D eigenvalue weighted by molar-refractivity contribution is 5.75. The van der Waals surface area contributed by atoms with Crippen LogP contribution in [0.3, 0.4) is 0 Å². The third-order valence-corrected chi connectivity index (χ3v) is 6.53. The molecule has 0 saturated carbocycles. The van der Waals surface area contributed by atoms with Crippen LogP contribution in [0.4, 0.5) is 22.1 Å². The molecule has 35 heavy (non-hydrogen) atoms. The molecule has 0 atom stereocenters. The van der Waals surface area contributed by atoms with Crippen molar-refractivity contribution in [1.29, 1.82) is 0 Å². The molecule has 1 aliphatic heterocycles. The summed E-state index contributed by atoms with van der Waals surface area (Å²) in [7, 11) is 7.14. The van der Waals surface area contributed by atoms with Crippen LogP contribution < -0.4 is 25.0 Å². The van der Waals surface area contributed by atoms with E-state index in [1.165, 1.54) is 7.05 Å². The average Bonchev–Trinajstić information content (AvgIpc) is 3.19. The molecular weight excluding hydrogens is 448 g/mol.